The molecule has 0 aliphatic carbocycles. The van der Waals surface area contributed by atoms with Crippen LogP contribution in [-0.4, -0.2) is 12.7 Å². The number of ether oxygens (including phenoxy) is 1. The third-order valence-corrected chi connectivity index (χ3v) is 2.86. The largest absolute Gasteiger partial charge is 0.449 e. The number of amides is 1. The molecule has 4 heteroatoms. The Morgan fingerprint density at radius 3 is 2.68 bits per heavy atom. The third kappa shape index (κ3) is 7.34. The van der Waals surface area contributed by atoms with Crippen LogP contribution in [0.25, 0.3) is 0 Å². The average molecular weight is 264 g/mol. The standard InChI is InChI=1S/C15H24N2O2/c1-2-3-4-5-6-7-11-19-15(18)17-14-10-8-9-13(16)12-14/h8-10,12H,2-7,11,16H2,1H3,(H,17,18). The topological polar surface area (TPSA) is 64.3 Å². The minimum Gasteiger partial charge on any atom is -0.449 e. The summed E-state index contributed by atoms with van der Waals surface area (Å²) in [5.41, 5.74) is 6.90. The summed E-state index contributed by atoms with van der Waals surface area (Å²) in [5, 5.41) is 2.65. The van der Waals surface area contributed by atoms with E-state index in [1.165, 1.54) is 25.7 Å². The first-order valence-electron chi connectivity index (χ1n) is 7.01. The van der Waals surface area contributed by atoms with E-state index in [0.717, 1.165) is 12.8 Å². The van der Waals surface area contributed by atoms with Gasteiger partial charge < -0.3 is 10.5 Å². The first-order chi connectivity index (χ1) is 9.22. The lowest BCUT2D eigenvalue weighted by Crippen LogP contribution is -2.14. The molecule has 1 amide bonds. The van der Waals surface area contributed by atoms with E-state index in [4.69, 9.17) is 10.5 Å². The van der Waals surface area contributed by atoms with Crippen molar-refractivity contribution < 1.29 is 9.53 Å². The number of nitrogen functional groups attached to an aromatic ring is 1. The molecule has 0 spiro atoms. The van der Waals surface area contributed by atoms with Crippen LogP contribution in [-0.2, 0) is 4.74 Å². The molecule has 0 aliphatic rings. The lowest BCUT2D eigenvalue weighted by atomic mass is 10.1. The molecule has 1 aromatic carbocycles. The smallest absolute Gasteiger partial charge is 0.411 e. The van der Waals surface area contributed by atoms with Gasteiger partial charge in [0.15, 0.2) is 0 Å². The van der Waals surface area contributed by atoms with Crippen molar-refractivity contribution in [1.29, 1.82) is 0 Å². The highest BCUT2D eigenvalue weighted by Gasteiger charge is 2.02. The molecule has 0 aromatic heterocycles. The van der Waals surface area contributed by atoms with Crippen LogP contribution in [0.5, 0.6) is 0 Å². The second-order valence-corrected chi connectivity index (χ2v) is 4.65. The number of unbranched alkanes of at least 4 members (excludes halogenated alkanes) is 5. The fourth-order valence-corrected chi connectivity index (χ4v) is 1.82. The number of anilines is 2. The number of benzene rings is 1. The number of nitrogens with one attached hydrogen (secondary N) is 1. The molecule has 0 heterocycles. The molecular weight excluding hydrogens is 240 g/mol. The normalized spacial score (nSPS) is 10.2. The van der Waals surface area contributed by atoms with Crippen molar-refractivity contribution in [2.24, 2.45) is 0 Å². The molecule has 0 saturated carbocycles. The predicted octanol–water partition coefficient (Wildman–Crippen LogP) is 4.18. The van der Waals surface area contributed by atoms with E-state index in [1.807, 2.05) is 0 Å². The van der Waals surface area contributed by atoms with Gasteiger partial charge in [0.1, 0.15) is 0 Å². The summed E-state index contributed by atoms with van der Waals surface area (Å²) in [6, 6.07) is 7.04. The van der Waals surface area contributed by atoms with Crippen LogP contribution in [0.1, 0.15) is 45.4 Å². The molecule has 0 radical (unpaired) electrons. The maximum atomic E-state index is 11.5. The third-order valence-electron chi connectivity index (χ3n) is 2.86. The molecule has 19 heavy (non-hydrogen) atoms. The van der Waals surface area contributed by atoms with Crippen LogP contribution in [0.3, 0.4) is 0 Å². The molecule has 0 atom stereocenters. The van der Waals surface area contributed by atoms with E-state index in [9.17, 15) is 4.79 Å². The van der Waals surface area contributed by atoms with Crippen LogP contribution in [0.15, 0.2) is 24.3 Å². The molecule has 0 saturated heterocycles. The monoisotopic (exact) mass is 264 g/mol. The quantitative estimate of drug-likeness (QED) is 0.547. The van der Waals surface area contributed by atoms with E-state index in [-0.39, 0.29) is 0 Å². The maximum Gasteiger partial charge on any atom is 0.411 e. The summed E-state index contributed by atoms with van der Waals surface area (Å²) in [6.07, 6.45) is 6.65. The molecule has 0 aliphatic heterocycles. The lowest BCUT2D eigenvalue weighted by Gasteiger charge is -2.07. The maximum absolute atomic E-state index is 11.5. The fourth-order valence-electron chi connectivity index (χ4n) is 1.82. The number of carbonyl (C=O) groups is 1. The zero-order valence-electron chi connectivity index (χ0n) is 11.7. The fraction of sp³-hybridized carbons (Fsp3) is 0.533. The second kappa shape index (κ2) is 9.25. The Balaban J connectivity index is 2.08. The summed E-state index contributed by atoms with van der Waals surface area (Å²) >= 11 is 0. The minimum atomic E-state index is -0.417. The van der Waals surface area contributed by atoms with Crippen LogP contribution < -0.4 is 11.1 Å². The molecular formula is C15H24N2O2. The zero-order chi connectivity index (χ0) is 13.9. The Kier molecular flexibility index (Phi) is 7.47. The first kappa shape index (κ1) is 15.3. The Hall–Kier alpha value is -1.71. The van der Waals surface area contributed by atoms with Gasteiger partial charge in [0, 0.05) is 11.4 Å². The Bertz CT molecular complexity index is 380. The van der Waals surface area contributed by atoms with Crippen molar-refractivity contribution >= 4 is 17.5 Å². The Morgan fingerprint density at radius 2 is 1.95 bits per heavy atom. The van der Waals surface area contributed by atoms with E-state index in [0.29, 0.717) is 18.0 Å². The van der Waals surface area contributed by atoms with Crippen molar-refractivity contribution in [2.75, 3.05) is 17.7 Å². The first-order valence-corrected chi connectivity index (χ1v) is 7.01. The molecule has 1 aromatic rings. The van der Waals surface area contributed by atoms with Gasteiger partial charge in [0.2, 0.25) is 0 Å². The van der Waals surface area contributed by atoms with Crippen molar-refractivity contribution in [3.8, 4) is 0 Å². The highest BCUT2D eigenvalue weighted by Crippen LogP contribution is 2.12. The van der Waals surface area contributed by atoms with Crippen molar-refractivity contribution in [3.05, 3.63) is 24.3 Å². The number of carbonyl (C=O) groups excluding carboxylic acids is 1. The molecule has 1 rings (SSSR count). The summed E-state index contributed by atoms with van der Waals surface area (Å²) in [4.78, 5) is 11.5. The number of hydrogen-bond acceptors (Lipinski definition) is 3. The Morgan fingerprint density at radius 1 is 1.21 bits per heavy atom. The summed E-state index contributed by atoms with van der Waals surface area (Å²) in [7, 11) is 0. The van der Waals surface area contributed by atoms with Crippen molar-refractivity contribution in [3.63, 3.8) is 0 Å². The summed E-state index contributed by atoms with van der Waals surface area (Å²) in [5.74, 6) is 0. The van der Waals surface area contributed by atoms with Crippen molar-refractivity contribution in [1.82, 2.24) is 0 Å². The molecule has 3 N–H and O–H groups in total. The van der Waals surface area contributed by atoms with Gasteiger partial charge in [-0.15, -0.1) is 0 Å². The van der Waals surface area contributed by atoms with E-state index < -0.39 is 6.09 Å². The van der Waals surface area contributed by atoms with Gasteiger partial charge in [-0.3, -0.25) is 5.32 Å². The number of nitrogens with two attached hydrogens (primary N) is 1. The average Bonchev–Trinajstić information content (AvgIpc) is 2.37. The van der Waals surface area contributed by atoms with Gasteiger partial charge >= 0.3 is 6.09 Å². The van der Waals surface area contributed by atoms with Gasteiger partial charge in [0.25, 0.3) is 0 Å². The van der Waals surface area contributed by atoms with Gasteiger partial charge in [-0.05, 0) is 24.6 Å². The van der Waals surface area contributed by atoms with E-state index in [2.05, 4.69) is 12.2 Å². The number of hydrogen-bond donors (Lipinski definition) is 2. The molecule has 0 bridgehead atoms. The zero-order valence-corrected chi connectivity index (χ0v) is 11.7. The molecule has 106 valence electrons. The SMILES string of the molecule is CCCCCCCCOC(=O)Nc1cccc(N)c1. The van der Waals surface area contributed by atoms with Gasteiger partial charge in [-0.2, -0.15) is 0 Å². The Labute approximate surface area is 115 Å². The predicted molar refractivity (Wildman–Crippen MR) is 79.2 cm³/mol. The molecule has 0 fully saturated rings. The van der Waals surface area contributed by atoms with Crippen LogP contribution in [0, 0.1) is 0 Å². The summed E-state index contributed by atoms with van der Waals surface area (Å²) in [6.45, 7) is 2.67. The molecule has 4 nitrogen and oxygen atoms in total. The van der Waals surface area contributed by atoms with Crippen LogP contribution >= 0.6 is 0 Å². The van der Waals surface area contributed by atoms with Crippen LogP contribution in [0.4, 0.5) is 16.2 Å². The van der Waals surface area contributed by atoms with Gasteiger partial charge in [0.05, 0.1) is 6.61 Å². The summed E-state index contributed by atoms with van der Waals surface area (Å²) < 4.78 is 5.10. The van der Waals surface area contributed by atoms with E-state index in [1.54, 1.807) is 24.3 Å². The highest BCUT2D eigenvalue weighted by molar-refractivity contribution is 5.85. The lowest BCUT2D eigenvalue weighted by molar-refractivity contribution is 0.159. The van der Waals surface area contributed by atoms with Gasteiger partial charge in [-0.25, -0.2) is 4.79 Å². The number of rotatable bonds is 8. The van der Waals surface area contributed by atoms with E-state index >= 15 is 0 Å². The van der Waals surface area contributed by atoms with Gasteiger partial charge in [-0.1, -0.05) is 45.1 Å². The highest BCUT2D eigenvalue weighted by atomic mass is 16.5. The molecule has 0 unspecified atom stereocenters. The second-order valence-electron chi connectivity index (χ2n) is 4.65. The minimum absolute atomic E-state index is 0.417. The van der Waals surface area contributed by atoms with Crippen molar-refractivity contribution in [2.45, 2.75) is 45.4 Å². The van der Waals surface area contributed by atoms with Crippen LogP contribution in [0.2, 0.25) is 0 Å².